The van der Waals surface area contributed by atoms with Crippen LogP contribution in [0.3, 0.4) is 0 Å². The fourth-order valence-corrected chi connectivity index (χ4v) is 4.05. The van der Waals surface area contributed by atoms with Gasteiger partial charge in [-0.1, -0.05) is 22.8 Å². The number of aromatic nitrogens is 5. The minimum absolute atomic E-state index is 0.163. The Morgan fingerprint density at radius 3 is 2.59 bits per heavy atom. The third-order valence-corrected chi connectivity index (χ3v) is 5.90. The highest BCUT2D eigenvalue weighted by atomic mass is 35.5. The van der Waals surface area contributed by atoms with E-state index in [2.05, 4.69) is 25.1 Å². The number of aromatic amines is 1. The summed E-state index contributed by atoms with van der Waals surface area (Å²) >= 11 is 6.11. The van der Waals surface area contributed by atoms with E-state index < -0.39 is 11.7 Å². The number of nitrogens with one attached hydrogen (secondary N) is 1. The number of halogens is 4. The molecule has 4 aromatic rings. The molecule has 1 saturated carbocycles. The lowest BCUT2D eigenvalue weighted by atomic mass is 9.87. The van der Waals surface area contributed by atoms with Crippen LogP contribution in [-0.4, -0.2) is 31.0 Å². The summed E-state index contributed by atoms with van der Waals surface area (Å²) in [4.78, 5) is 16.0. The molecular weight excluding hydrogens is 443 g/mol. The number of imidazole rings is 1. The first-order valence-electron chi connectivity index (χ1n) is 10.1. The van der Waals surface area contributed by atoms with Crippen LogP contribution in [0.15, 0.2) is 47.2 Å². The number of hydrogen-bond donors (Lipinski definition) is 1. The normalized spacial score (nSPS) is 16.4. The van der Waals surface area contributed by atoms with Gasteiger partial charge in [0.15, 0.2) is 0 Å². The van der Waals surface area contributed by atoms with E-state index in [0.29, 0.717) is 41.8 Å². The first-order chi connectivity index (χ1) is 15.4. The predicted molar refractivity (Wildman–Crippen MR) is 112 cm³/mol. The minimum Gasteiger partial charge on any atom is -0.339 e. The molecule has 1 aromatic carbocycles. The summed E-state index contributed by atoms with van der Waals surface area (Å²) in [5.41, 5.74) is 2.04. The molecule has 1 fully saturated rings. The summed E-state index contributed by atoms with van der Waals surface area (Å²) in [6.07, 6.45) is 3.45. The average Bonchev–Trinajstić information content (AvgIpc) is 3.44. The zero-order chi connectivity index (χ0) is 22.3. The van der Waals surface area contributed by atoms with Gasteiger partial charge in [-0.2, -0.15) is 4.98 Å². The SMILES string of the molecule is Fc1cccc(Cl)c1-c1ncc(-c2ccc(-c3noc(C4CCC(F)(F)CC4)n3)nc2)[nH]1. The van der Waals surface area contributed by atoms with E-state index in [9.17, 15) is 13.2 Å². The summed E-state index contributed by atoms with van der Waals surface area (Å²) in [7, 11) is 0. The molecule has 1 aliphatic rings. The molecule has 0 spiro atoms. The van der Waals surface area contributed by atoms with Crippen molar-refractivity contribution in [2.75, 3.05) is 0 Å². The van der Waals surface area contributed by atoms with Crippen LogP contribution in [-0.2, 0) is 0 Å². The molecule has 0 aliphatic heterocycles. The number of alkyl halides is 2. The molecule has 3 aromatic heterocycles. The minimum atomic E-state index is -2.61. The first-order valence-corrected chi connectivity index (χ1v) is 10.4. The Balaban J connectivity index is 1.34. The lowest BCUT2D eigenvalue weighted by molar-refractivity contribution is -0.0402. The zero-order valence-corrected chi connectivity index (χ0v) is 17.4. The number of benzene rings is 1. The van der Waals surface area contributed by atoms with E-state index in [1.165, 1.54) is 12.1 Å². The second kappa shape index (κ2) is 8.05. The highest BCUT2D eigenvalue weighted by molar-refractivity contribution is 6.33. The molecule has 32 heavy (non-hydrogen) atoms. The van der Waals surface area contributed by atoms with Gasteiger partial charge in [-0.25, -0.2) is 18.2 Å². The molecular formula is C22H17ClF3N5O. The number of hydrogen-bond acceptors (Lipinski definition) is 5. The maximum atomic E-state index is 14.1. The van der Waals surface area contributed by atoms with Crippen LogP contribution in [0.5, 0.6) is 0 Å². The van der Waals surface area contributed by atoms with Crippen molar-refractivity contribution < 1.29 is 17.7 Å². The molecule has 0 unspecified atom stereocenters. The first kappa shape index (κ1) is 20.7. The van der Waals surface area contributed by atoms with Crippen LogP contribution < -0.4 is 0 Å². The van der Waals surface area contributed by atoms with Gasteiger partial charge in [0.1, 0.15) is 17.3 Å². The Morgan fingerprint density at radius 1 is 1.06 bits per heavy atom. The quantitative estimate of drug-likeness (QED) is 0.388. The average molecular weight is 460 g/mol. The maximum absolute atomic E-state index is 14.1. The number of nitrogens with zero attached hydrogens (tertiary/aromatic N) is 4. The molecule has 3 heterocycles. The summed E-state index contributed by atoms with van der Waals surface area (Å²) in [6.45, 7) is 0. The van der Waals surface area contributed by atoms with E-state index in [-0.39, 0.29) is 29.3 Å². The van der Waals surface area contributed by atoms with Crippen molar-refractivity contribution in [1.29, 1.82) is 0 Å². The Bertz CT molecular complexity index is 1220. The molecule has 0 amide bonds. The molecule has 1 N–H and O–H groups in total. The molecule has 0 atom stereocenters. The van der Waals surface area contributed by atoms with Crippen LogP contribution in [0.4, 0.5) is 13.2 Å². The van der Waals surface area contributed by atoms with Crippen molar-refractivity contribution in [2.24, 2.45) is 0 Å². The Kier molecular flexibility index (Phi) is 5.21. The Morgan fingerprint density at radius 2 is 1.88 bits per heavy atom. The van der Waals surface area contributed by atoms with Crippen molar-refractivity contribution in [3.8, 4) is 34.2 Å². The van der Waals surface area contributed by atoms with Gasteiger partial charge in [0.2, 0.25) is 17.6 Å². The van der Waals surface area contributed by atoms with Crippen LogP contribution in [0, 0.1) is 5.82 Å². The third kappa shape index (κ3) is 4.00. The third-order valence-electron chi connectivity index (χ3n) is 5.59. The molecule has 164 valence electrons. The number of rotatable bonds is 4. The fraction of sp³-hybridized carbons (Fsp3) is 0.273. The van der Waals surface area contributed by atoms with Crippen molar-refractivity contribution in [3.05, 3.63) is 59.5 Å². The van der Waals surface area contributed by atoms with Crippen LogP contribution in [0.25, 0.3) is 34.2 Å². The second-order valence-corrected chi connectivity index (χ2v) is 8.17. The van der Waals surface area contributed by atoms with Crippen molar-refractivity contribution in [2.45, 2.75) is 37.5 Å². The van der Waals surface area contributed by atoms with Crippen LogP contribution in [0.2, 0.25) is 5.02 Å². The van der Waals surface area contributed by atoms with Gasteiger partial charge in [0, 0.05) is 30.5 Å². The molecule has 0 saturated heterocycles. The molecule has 5 rings (SSSR count). The van der Waals surface area contributed by atoms with Gasteiger partial charge >= 0.3 is 0 Å². The van der Waals surface area contributed by atoms with E-state index >= 15 is 0 Å². The van der Waals surface area contributed by atoms with Gasteiger partial charge in [0.05, 0.1) is 22.5 Å². The van der Waals surface area contributed by atoms with Crippen LogP contribution >= 0.6 is 11.6 Å². The predicted octanol–water partition coefficient (Wildman–Crippen LogP) is 6.27. The smallest absolute Gasteiger partial charge is 0.248 e. The zero-order valence-electron chi connectivity index (χ0n) is 16.7. The van der Waals surface area contributed by atoms with Crippen LogP contribution in [0.1, 0.15) is 37.5 Å². The van der Waals surface area contributed by atoms with Gasteiger partial charge in [0.25, 0.3) is 0 Å². The van der Waals surface area contributed by atoms with Gasteiger partial charge in [-0.15, -0.1) is 0 Å². The molecule has 0 bridgehead atoms. The lowest BCUT2D eigenvalue weighted by Gasteiger charge is -2.25. The molecule has 6 nitrogen and oxygen atoms in total. The molecule has 1 aliphatic carbocycles. The monoisotopic (exact) mass is 459 g/mol. The fourth-order valence-electron chi connectivity index (χ4n) is 3.80. The largest absolute Gasteiger partial charge is 0.339 e. The summed E-state index contributed by atoms with van der Waals surface area (Å²) in [5.74, 6) is -2.27. The van der Waals surface area contributed by atoms with E-state index in [1.54, 1.807) is 30.6 Å². The van der Waals surface area contributed by atoms with Gasteiger partial charge < -0.3 is 9.51 Å². The van der Waals surface area contributed by atoms with Crippen molar-refractivity contribution in [3.63, 3.8) is 0 Å². The molecule has 10 heteroatoms. The summed E-state index contributed by atoms with van der Waals surface area (Å²) in [5, 5.41) is 4.21. The maximum Gasteiger partial charge on any atom is 0.248 e. The van der Waals surface area contributed by atoms with Crippen molar-refractivity contribution in [1.82, 2.24) is 25.1 Å². The topological polar surface area (TPSA) is 80.5 Å². The van der Waals surface area contributed by atoms with Gasteiger partial charge in [-0.05, 0) is 37.1 Å². The highest BCUT2D eigenvalue weighted by Crippen LogP contribution is 2.40. The standard InChI is InChI=1S/C22H17ClF3N5O/c23-14-2-1-3-15(24)18(14)20-28-11-17(29-20)13-4-5-16(27-10-13)19-30-21(32-31-19)12-6-8-22(25,26)9-7-12/h1-5,10-12H,6-9H2,(H,28,29). The Hall–Kier alpha value is -3.20. The summed E-state index contributed by atoms with van der Waals surface area (Å²) < 4.78 is 46.2. The molecule has 0 radical (unpaired) electrons. The number of pyridine rings is 1. The summed E-state index contributed by atoms with van der Waals surface area (Å²) in [6, 6.07) is 7.95. The second-order valence-electron chi connectivity index (χ2n) is 7.76. The van der Waals surface area contributed by atoms with E-state index in [0.717, 1.165) is 5.56 Å². The van der Waals surface area contributed by atoms with Gasteiger partial charge in [-0.3, -0.25) is 4.98 Å². The highest BCUT2D eigenvalue weighted by Gasteiger charge is 2.37. The Labute approximate surface area is 185 Å². The van der Waals surface area contributed by atoms with E-state index in [1.807, 2.05) is 0 Å². The van der Waals surface area contributed by atoms with E-state index in [4.69, 9.17) is 16.1 Å². The lowest BCUT2D eigenvalue weighted by Crippen LogP contribution is -2.23. The van der Waals surface area contributed by atoms with Crippen molar-refractivity contribution >= 4 is 11.6 Å². The number of H-pyrrole nitrogens is 1.